The molecule has 0 fully saturated rings. The van der Waals surface area contributed by atoms with Gasteiger partial charge in [-0.3, -0.25) is 0 Å². The van der Waals surface area contributed by atoms with Crippen molar-refractivity contribution in [3.8, 4) is 11.3 Å². The maximum Gasteiger partial charge on any atom is 0.107 e. The lowest BCUT2D eigenvalue weighted by atomic mass is 10.1. The van der Waals surface area contributed by atoms with Crippen molar-refractivity contribution in [2.75, 3.05) is 0 Å². The van der Waals surface area contributed by atoms with Gasteiger partial charge in [-0.2, -0.15) is 0 Å². The zero-order chi connectivity index (χ0) is 13.7. The Hall–Kier alpha value is -1.19. The van der Waals surface area contributed by atoms with E-state index >= 15 is 0 Å². The quantitative estimate of drug-likeness (QED) is 0.851. The van der Waals surface area contributed by atoms with Crippen LogP contribution in [0.15, 0.2) is 29.6 Å². The van der Waals surface area contributed by atoms with Gasteiger partial charge in [0.2, 0.25) is 0 Å². The van der Waals surface area contributed by atoms with Gasteiger partial charge in [-0.1, -0.05) is 51.5 Å². The summed E-state index contributed by atoms with van der Waals surface area (Å²) in [6.07, 6.45) is 2.35. The average molecular weight is 274 g/mol. The van der Waals surface area contributed by atoms with Crippen LogP contribution in [0.4, 0.5) is 0 Å². The summed E-state index contributed by atoms with van der Waals surface area (Å²) in [4.78, 5) is 4.68. The van der Waals surface area contributed by atoms with Gasteiger partial charge in [0.05, 0.1) is 5.69 Å². The topological polar surface area (TPSA) is 24.9 Å². The second kappa shape index (κ2) is 6.83. The van der Waals surface area contributed by atoms with Crippen LogP contribution in [0, 0.1) is 0 Å². The van der Waals surface area contributed by atoms with E-state index < -0.39 is 0 Å². The third kappa shape index (κ3) is 4.15. The number of hydrogen-bond acceptors (Lipinski definition) is 3. The highest BCUT2D eigenvalue weighted by Gasteiger charge is 2.05. The molecule has 3 heteroatoms. The van der Waals surface area contributed by atoms with Crippen LogP contribution >= 0.6 is 11.3 Å². The van der Waals surface area contributed by atoms with Crippen molar-refractivity contribution < 1.29 is 0 Å². The highest BCUT2D eigenvalue weighted by atomic mass is 32.1. The first-order chi connectivity index (χ1) is 9.19. The second-order valence-electron chi connectivity index (χ2n) is 5.11. The van der Waals surface area contributed by atoms with Gasteiger partial charge in [-0.15, -0.1) is 11.3 Å². The van der Waals surface area contributed by atoms with Crippen LogP contribution in [0.5, 0.6) is 0 Å². The molecule has 0 amide bonds. The molecule has 19 heavy (non-hydrogen) atoms. The molecular weight excluding hydrogens is 252 g/mol. The van der Waals surface area contributed by atoms with Crippen molar-refractivity contribution in [3.05, 3.63) is 40.2 Å². The zero-order valence-corrected chi connectivity index (χ0v) is 12.8. The summed E-state index contributed by atoms with van der Waals surface area (Å²) in [7, 11) is 0. The van der Waals surface area contributed by atoms with Crippen LogP contribution in [-0.4, -0.2) is 11.0 Å². The molecule has 0 spiro atoms. The van der Waals surface area contributed by atoms with Crippen LogP contribution in [0.25, 0.3) is 11.3 Å². The van der Waals surface area contributed by atoms with E-state index in [-0.39, 0.29) is 0 Å². The Kier molecular flexibility index (Phi) is 5.11. The standard InChI is InChI=1S/C16H22N2S/c1-4-5-13-6-8-14(9-7-13)15-11-19-16(18-15)10-17-12(2)3/h6-9,11-12,17H,4-5,10H2,1-3H3. The minimum atomic E-state index is 0.501. The normalized spacial score (nSPS) is 11.2. The summed E-state index contributed by atoms with van der Waals surface area (Å²) in [5.74, 6) is 0. The number of hydrogen-bond donors (Lipinski definition) is 1. The van der Waals surface area contributed by atoms with Crippen LogP contribution in [0.2, 0.25) is 0 Å². The Morgan fingerprint density at radius 3 is 2.58 bits per heavy atom. The Bertz CT molecular complexity index is 500. The minimum Gasteiger partial charge on any atom is -0.308 e. The van der Waals surface area contributed by atoms with E-state index in [9.17, 15) is 0 Å². The maximum absolute atomic E-state index is 4.68. The lowest BCUT2D eigenvalue weighted by Gasteiger charge is -2.04. The van der Waals surface area contributed by atoms with Gasteiger partial charge in [0.1, 0.15) is 5.01 Å². The van der Waals surface area contributed by atoms with Gasteiger partial charge in [0.25, 0.3) is 0 Å². The fourth-order valence-electron chi connectivity index (χ4n) is 1.95. The van der Waals surface area contributed by atoms with Crippen molar-refractivity contribution in [1.82, 2.24) is 10.3 Å². The molecule has 0 aliphatic heterocycles. The van der Waals surface area contributed by atoms with Crippen LogP contribution < -0.4 is 5.32 Å². The number of thiazole rings is 1. The highest BCUT2D eigenvalue weighted by molar-refractivity contribution is 7.09. The van der Waals surface area contributed by atoms with Crippen molar-refractivity contribution in [3.63, 3.8) is 0 Å². The first-order valence-corrected chi connectivity index (χ1v) is 7.84. The summed E-state index contributed by atoms with van der Waals surface area (Å²) in [6, 6.07) is 9.29. The molecule has 2 rings (SSSR count). The summed E-state index contributed by atoms with van der Waals surface area (Å²) in [5, 5.41) is 6.70. The predicted molar refractivity (Wildman–Crippen MR) is 83.5 cm³/mol. The SMILES string of the molecule is CCCc1ccc(-c2csc(CNC(C)C)n2)cc1. The molecule has 0 unspecified atom stereocenters. The Labute approximate surface area is 119 Å². The van der Waals surface area contributed by atoms with Crippen molar-refractivity contribution >= 4 is 11.3 Å². The number of nitrogens with one attached hydrogen (secondary N) is 1. The van der Waals surface area contributed by atoms with Gasteiger partial charge < -0.3 is 5.32 Å². The van der Waals surface area contributed by atoms with E-state index in [0.717, 1.165) is 23.7 Å². The Morgan fingerprint density at radius 1 is 1.21 bits per heavy atom. The summed E-state index contributed by atoms with van der Waals surface area (Å²) >= 11 is 1.73. The molecule has 0 aliphatic carbocycles. The van der Waals surface area contributed by atoms with E-state index in [1.807, 2.05) is 0 Å². The summed E-state index contributed by atoms with van der Waals surface area (Å²) < 4.78 is 0. The average Bonchev–Trinajstić information content (AvgIpc) is 2.86. The first-order valence-electron chi connectivity index (χ1n) is 6.96. The zero-order valence-electron chi connectivity index (χ0n) is 11.9. The monoisotopic (exact) mass is 274 g/mol. The molecular formula is C16H22N2S. The number of benzene rings is 1. The first kappa shape index (κ1) is 14.2. The number of rotatable bonds is 6. The van der Waals surface area contributed by atoms with Crippen LogP contribution in [-0.2, 0) is 13.0 Å². The van der Waals surface area contributed by atoms with Gasteiger partial charge in [0.15, 0.2) is 0 Å². The number of nitrogens with zero attached hydrogens (tertiary/aromatic N) is 1. The van der Waals surface area contributed by atoms with Gasteiger partial charge in [-0.05, 0) is 12.0 Å². The highest BCUT2D eigenvalue weighted by Crippen LogP contribution is 2.22. The number of aryl methyl sites for hydroxylation is 1. The van der Waals surface area contributed by atoms with Crippen LogP contribution in [0.3, 0.4) is 0 Å². The van der Waals surface area contributed by atoms with Crippen molar-refractivity contribution in [1.29, 1.82) is 0 Å². The predicted octanol–water partition coefficient (Wildman–Crippen LogP) is 4.26. The molecule has 1 aromatic heterocycles. The Morgan fingerprint density at radius 2 is 1.95 bits per heavy atom. The molecule has 0 saturated heterocycles. The fraction of sp³-hybridized carbons (Fsp3) is 0.438. The summed E-state index contributed by atoms with van der Waals surface area (Å²) in [6.45, 7) is 7.38. The lowest BCUT2D eigenvalue weighted by Crippen LogP contribution is -2.21. The van der Waals surface area contributed by atoms with Gasteiger partial charge >= 0.3 is 0 Å². The molecule has 0 atom stereocenters. The second-order valence-corrected chi connectivity index (χ2v) is 6.05. The van der Waals surface area contributed by atoms with Crippen molar-refractivity contribution in [2.45, 2.75) is 46.2 Å². The molecule has 2 nitrogen and oxygen atoms in total. The Balaban J connectivity index is 2.05. The number of aromatic nitrogens is 1. The third-order valence-electron chi connectivity index (χ3n) is 3.00. The smallest absolute Gasteiger partial charge is 0.107 e. The molecule has 0 aliphatic rings. The minimum absolute atomic E-state index is 0.501. The van der Waals surface area contributed by atoms with E-state index in [2.05, 4.69) is 60.7 Å². The van der Waals surface area contributed by atoms with Gasteiger partial charge in [-0.25, -0.2) is 4.98 Å². The molecule has 0 saturated carbocycles. The molecule has 1 aromatic carbocycles. The van der Waals surface area contributed by atoms with Crippen molar-refractivity contribution in [2.24, 2.45) is 0 Å². The van der Waals surface area contributed by atoms with E-state index in [0.29, 0.717) is 6.04 Å². The molecule has 1 heterocycles. The third-order valence-corrected chi connectivity index (χ3v) is 3.85. The molecule has 0 radical (unpaired) electrons. The lowest BCUT2D eigenvalue weighted by molar-refractivity contribution is 0.587. The fourth-order valence-corrected chi connectivity index (χ4v) is 2.70. The van der Waals surface area contributed by atoms with Gasteiger partial charge in [0, 0.05) is 23.5 Å². The molecule has 2 aromatic rings. The molecule has 0 bridgehead atoms. The van der Waals surface area contributed by atoms with E-state index in [4.69, 9.17) is 0 Å². The van der Waals surface area contributed by atoms with E-state index in [1.54, 1.807) is 11.3 Å². The van der Waals surface area contributed by atoms with Crippen LogP contribution in [0.1, 0.15) is 37.8 Å². The molecule has 102 valence electrons. The maximum atomic E-state index is 4.68. The summed E-state index contributed by atoms with van der Waals surface area (Å²) in [5.41, 5.74) is 3.71. The molecule has 1 N–H and O–H groups in total. The van der Waals surface area contributed by atoms with E-state index in [1.165, 1.54) is 17.5 Å². The largest absolute Gasteiger partial charge is 0.308 e.